The molecule has 0 unspecified atom stereocenters. The van der Waals surface area contributed by atoms with Gasteiger partial charge in [-0.3, -0.25) is 10.1 Å². The number of phenolic OH excluding ortho intramolecular Hbond substituents is 1. The average Bonchev–Trinajstić information content (AvgIpc) is 2.26. The molecule has 1 rings (SSSR count). The van der Waals surface area contributed by atoms with Gasteiger partial charge in [-0.05, 0) is 11.5 Å². The van der Waals surface area contributed by atoms with E-state index in [0.717, 1.165) is 0 Å². The Hall–Kier alpha value is -1.37. The molecule has 0 fully saturated rings. The molecule has 7 heteroatoms. The van der Waals surface area contributed by atoms with E-state index in [2.05, 4.69) is 0 Å². The van der Waals surface area contributed by atoms with Crippen molar-refractivity contribution in [2.24, 2.45) is 11.1 Å². The number of nitro groups is 1. The Kier molecular flexibility index (Phi) is 5.74. The van der Waals surface area contributed by atoms with Crippen LogP contribution in [0.2, 0.25) is 0 Å². The van der Waals surface area contributed by atoms with Crippen molar-refractivity contribution < 1.29 is 15.1 Å². The fourth-order valence-electron chi connectivity index (χ4n) is 1.63. The van der Waals surface area contributed by atoms with E-state index in [-0.39, 0.29) is 29.4 Å². The number of halogens is 1. The summed E-state index contributed by atoms with van der Waals surface area (Å²) < 4.78 is 0. The molecule has 19 heavy (non-hydrogen) atoms. The van der Waals surface area contributed by atoms with Crippen LogP contribution in [0, 0.1) is 15.5 Å². The lowest BCUT2D eigenvalue weighted by Gasteiger charge is -2.31. The van der Waals surface area contributed by atoms with Crippen LogP contribution in [0.4, 0.5) is 5.69 Å². The van der Waals surface area contributed by atoms with Crippen molar-refractivity contribution in [1.29, 1.82) is 0 Å². The van der Waals surface area contributed by atoms with Crippen molar-refractivity contribution in [3.63, 3.8) is 0 Å². The van der Waals surface area contributed by atoms with E-state index in [1.807, 2.05) is 0 Å². The Bertz CT molecular complexity index is 460. The molecular formula is C12H19ClN2O4. The first kappa shape index (κ1) is 17.6. The fourth-order valence-corrected chi connectivity index (χ4v) is 1.63. The third kappa shape index (κ3) is 4.05. The summed E-state index contributed by atoms with van der Waals surface area (Å²) in [6.45, 7) is 5.39. The average molecular weight is 291 g/mol. The summed E-state index contributed by atoms with van der Waals surface area (Å²) in [5, 5.41) is 30.4. The third-order valence-electron chi connectivity index (χ3n) is 2.81. The molecule has 0 spiro atoms. The Balaban J connectivity index is 0.00000324. The first-order valence-electron chi connectivity index (χ1n) is 5.55. The molecule has 108 valence electrons. The summed E-state index contributed by atoms with van der Waals surface area (Å²) in [5.74, 6) is -0.156. The van der Waals surface area contributed by atoms with Crippen LogP contribution >= 0.6 is 12.4 Å². The van der Waals surface area contributed by atoms with Gasteiger partial charge in [0.1, 0.15) is 5.75 Å². The lowest BCUT2D eigenvalue weighted by atomic mass is 9.82. The Labute approximate surface area is 117 Å². The largest absolute Gasteiger partial charge is 0.508 e. The van der Waals surface area contributed by atoms with Crippen LogP contribution in [-0.2, 0) is 0 Å². The molecule has 1 aromatic carbocycles. The van der Waals surface area contributed by atoms with Gasteiger partial charge >= 0.3 is 0 Å². The summed E-state index contributed by atoms with van der Waals surface area (Å²) in [4.78, 5) is 10.1. The third-order valence-corrected chi connectivity index (χ3v) is 2.81. The molecular weight excluding hydrogens is 272 g/mol. The minimum absolute atomic E-state index is 0. The number of hydrogen-bond donors (Lipinski definition) is 3. The second kappa shape index (κ2) is 6.18. The number of aliphatic hydroxyl groups is 1. The summed E-state index contributed by atoms with van der Waals surface area (Å²) in [6, 6.07) is 2.71. The highest BCUT2D eigenvalue weighted by molar-refractivity contribution is 5.85. The van der Waals surface area contributed by atoms with Crippen molar-refractivity contribution >= 4 is 18.1 Å². The summed E-state index contributed by atoms with van der Waals surface area (Å²) in [7, 11) is 0. The number of aliphatic hydroxyl groups excluding tert-OH is 1. The van der Waals surface area contributed by atoms with Crippen molar-refractivity contribution in [3.05, 3.63) is 33.9 Å². The lowest BCUT2D eigenvalue weighted by Crippen LogP contribution is -2.37. The van der Waals surface area contributed by atoms with Crippen LogP contribution in [0.3, 0.4) is 0 Å². The van der Waals surface area contributed by atoms with Gasteiger partial charge in [0, 0.05) is 17.7 Å². The number of hydrogen-bond acceptors (Lipinski definition) is 5. The summed E-state index contributed by atoms with van der Waals surface area (Å²) in [6.07, 6.45) is -0.926. The van der Waals surface area contributed by atoms with Gasteiger partial charge in [-0.2, -0.15) is 0 Å². The summed E-state index contributed by atoms with van der Waals surface area (Å²) in [5.41, 5.74) is 5.38. The molecule has 1 aromatic rings. The second-order valence-electron chi connectivity index (χ2n) is 5.34. The van der Waals surface area contributed by atoms with E-state index in [9.17, 15) is 20.3 Å². The normalized spacial score (nSPS) is 14.4. The number of nitro benzene ring substituents is 1. The van der Waals surface area contributed by atoms with Gasteiger partial charge in [0.05, 0.1) is 17.1 Å². The second-order valence-corrected chi connectivity index (χ2v) is 5.34. The maximum absolute atomic E-state index is 10.7. The van der Waals surface area contributed by atoms with Gasteiger partial charge in [-0.1, -0.05) is 20.8 Å². The van der Waals surface area contributed by atoms with Crippen molar-refractivity contribution in [2.45, 2.75) is 32.9 Å². The number of rotatable bonds is 3. The molecule has 0 bridgehead atoms. The number of nitrogens with two attached hydrogens (primary N) is 1. The van der Waals surface area contributed by atoms with Crippen LogP contribution in [-0.4, -0.2) is 21.2 Å². The number of nitrogens with zero attached hydrogens (tertiary/aromatic N) is 1. The highest BCUT2D eigenvalue weighted by atomic mass is 35.5. The maximum atomic E-state index is 10.7. The van der Waals surface area contributed by atoms with Crippen molar-refractivity contribution in [1.82, 2.24) is 0 Å². The van der Waals surface area contributed by atoms with Gasteiger partial charge < -0.3 is 15.9 Å². The van der Waals surface area contributed by atoms with Crippen LogP contribution in [0.25, 0.3) is 0 Å². The van der Waals surface area contributed by atoms with Gasteiger partial charge in [0.2, 0.25) is 0 Å². The zero-order valence-corrected chi connectivity index (χ0v) is 11.8. The first-order valence-corrected chi connectivity index (χ1v) is 5.55. The van der Waals surface area contributed by atoms with E-state index in [0.29, 0.717) is 0 Å². The zero-order valence-electron chi connectivity index (χ0n) is 11.0. The highest BCUT2D eigenvalue weighted by Crippen LogP contribution is 2.34. The quantitative estimate of drug-likeness (QED) is 0.583. The minimum Gasteiger partial charge on any atom is -0.508 e. The van der Waals surface area contributed by atoms with E-state index >= 15 is 0 Å². The standard InChI is InChI=1S/C12H18N2O4.ClH/c1-12(2,3)11(16)10(13)8-6-7(14(17)18)4-5-9(8)15;/h4-6,10-11,15-16H,13H2,1-3H3;1H/t10-,11-;/m0./s1. The number of benzene rings is 1. The van der Waals surface area contributed by atoms with Crippen LogP contribution in [0.5, 0.6) is 5.75 Å². The van der Waals surface area contributed by atoms with Crippen molar-refractivity contribution in [3.8, 4) is 5.75 Å². The maximum Gasteiger partial charge on any atom is 0.270 e. The SMILES string of the molecule is CC(C)(C)[C@@H](O)[C@@H](N)c1cc([N+](=O)[O-])ccc1O.Cl. The molecule has 0 aliphatic heterocycles. The number of non-ortho nitro benzene ring substituents is 1. The van der Waals surface area contributed by atoms with Crippen LogP contribution in [0.1, 0.15) is 32.4 Å². The van der Waals surface area contributed by atoms with E-state index in [1.54, 1.807) is 20.8 Å². The molecule has 0 heterocycles. The fraction of sp³-hybridized carbons (Fsp3) is 0.500. The van der Waals surface area contributed by atoms with Crippen molar-refractivity contribution in [2.75, 3.05) is 0 Å². The molecule has 4 N–H and O–H groups in total. The molecule has 0 saturated heterocycles. The van der Waals surface area contributed by atoms with Crippen LogP contribution in [0.15, 0.2) is 18.2 Å². The van der Waals surface area contributed by atoms with Gasteiger partial charge in [-0.15, -0.1) is 12.4 Å². The molecule has 0 saturated carbocycles. The molecule has 6 nitrogen and oxygen atoms in total. The summed E-state index contributed by atoms with van der Waals surface area (Å²) >= 11 is 0. The molecule has 0 aromatic heterocycles. The van der Waals surface area contributed by atoms with Gasteiger partial charge in [0.15, 0.2) is 0 Å². The van der Waals surface area contributed by atoms with E-state index in [1.165, 1.54) is 18.2 Å². The lowest BCUT2D eigenvalue weighted by molar-refractivity contribution is -0.385. The highest BCUT2D eigenvalue weighted by Gasteiger charge is 2.31. The monoisotopic (exact) mass is 290 g/mol. The number of phenols is 1. The minimum atomic E-state index is -0.926. The Morgan fingerprint density at radius 3 is 2.32 bits per heavy atom. The van der Waals surface area contributed by atoms with Crippen LogP contribution < -0.4 is 5.73 Å². The topological polar surface area (TPSA) is 110 Å². The van der Waals surface area contributed by atoms with E-state index in [4.69, 9.17) is 5.73 Å². The Morgan fingerprint density at radius 2 is 1.89 bits per heavy atom. The molecule has 2 atom stereocenters. The Morgan fingerprint density at radius 1 is 1.37 bits per heavy atom. The first-order chi connectivity index (χ1) is 8.14. The molecule has 0 amide bonds. The predicted molar refractivity (Wildman–Crippen MR) is 74.4 cm³/mol. The predicted octanol–water partition coefficient (Wildman–Crippen LogP) is 2.13. The van der Waals surface area contributed by atoms with Gasteiger partial charge in [0.25, 0.3) is 5.69 Å². The number of aromatic hydroxyl groups is 1. The van der Waals surface area contributed by atoms with E-state index < -0.39 is 22.5 Å². The smallest absolute Gasteiger partial charge is 0.270 e. The molecule has 0 aliphatic rings. The molecule has 0 aliphatic carbocycles. The molecule has 0 radical (unpaired) electrons. The zero-order chi connectivity index (χ0) is 14.1. The van der Waals surface area contributed by atoms with Gasteiger partial charge in [-0.25, -0.2) is 0 Å².